The van der Waals surface area contributed by atoms with Crippen LogP contribution in [0.5, 0.6) is 17.2 Å². The lowest BCUT2D eigenvalue weighted by atomic mass is 10.0. The van der Waals surface area contributed by atoms with Crippen molar-refractivity contribution in [2.45, 2.75) is 54.8 Å². The van der Waals surface area contributed by atoms with Crippen molar-refractivity contribution in [1.29, 1.82) is 0 Å². The van der Waals surface area contributed by atoms with Crippen molar-refractivity contribution in [2.75, 3.05) is 0 Å². The van der Waals surface area contributed by atoms with Gasteiger partial charge in [0.25, 0.3) is 0 Å². The number of phenolic OH excluding ortho intramolecular Hbond substituents is 1. The van der Waals surface area contributed by atoms with Gasteiger partial charge in [0.2, 0.25) is 0 Å². The number of ether oxygens (including phenoxy) is 2. The quantitative estimate of drug-likeness (QED) is 0.529. The molecule has 152 valence electrons. The number of aryl methyl sites for hydroxylation is 2. The highest BCUT2D eigenvalue weighted by Crippen LogP contribution is 2.29. The number of rotatable bonds is 6. The van der Waals surface area contributed by atoms with Gasteiger partial charge in [-0.1, -0.05) is 24.3 Å². The zero-order chi connectivity index (χ0) is 21.1. The SMILES string of the molecule is Cc1ccc(OCc2cccc(O)c2COc2ccc(C)c(C)c2C)c(C)c1C. The van der Waals surface area contributed by atoms with Gasteiger partial charge < -0.3 is 14.6 Å². The Bertz CT molecular complexity index is 1030. The highest BCUT2D eigenvalue weighted by atomic mass is 16.5. The molecule has 0 aliphatic rings. The Kier molecular flexibility index (Phi) is 6.17. The van der Waals surface area contributed by atoms with Crippen molar-refractivity contribution < 1.29 is 14.6 Å². The van der Waals surface area contributed by atoms with Crippen molar-refractivity contribution >= 4 is 0 Å². The van der Waals surface area contributed by atoms with Crippen LogP contribution in [0.15, 0.2) is 42.5 Å². The van der Waals surface area contributed by atoms with E-state index in [0.29, 0.717) is 13.2 Å². The third-order valence-corrected chi connectivity index (χ3v) is 6.02. The molecule has 0 heterocycles. The second kappa shape index (κ2) is 8.60. The molecular weight excluding hydrogens is 360 g/mol. The van der Waals surface area contributed by atoms with E-state index in [9.17, 15) is 5.11 Å². The van der Waals surface area contributed by atoms with E-state index in [1.165, 1.54) is 22.3 Å². The van der Waals surface area contributed by atoms with E-state index in [1.807, 2.05) is 24.3 Å². The summed E-state index contributed by atoms with van der Waals surface area (Å²) in [6.07, 6.45) is 0. The van der Waals surface area contributed by atoms with Gasteiger partial charge in [0.05, 0.1) is 0 Å². The molecular formula is C26H30O3. The fourth-order valence-electron chi connectivity index (χ4n) is 3.40. The molecule has 3 heteroatoms. The Morgan fingerprint density at radius 2 is 1.14 bits per heavy atom. The topological polar surface area (TPSA) is 38.7 Å². The zero-order valence-corrected chi connectivity index (χ0v) is 18.2. The van der Waals surface area contributed by atoms with Crippen LogP contribution < -0.4 is 9.47 Å². The second-order valence-corrected chi connectivity index (χ2v) is 7.75. The van der Waals surface area contributed by atoms with E-state index in [1.54, 1.807) is 6.07 Å². The Balaban J connectivity index is 1.79. The highest BCUT2D eigenvalue weighted by molar-refractivity contribution is 5.45. The number of hydrogen-bond acceptors (Lipinski definition) is 3. The molecule has 0 radical (unpaired) electrons. The summed E-state index contributed by atoms with van der Waals surface area (Å²) in [4.78, 5) is 0. The van der Waals surface area contributed by atoms with Gasteiger partial charge in [-0.05, 0) is 98.7 Å². The number of benzene rings is 3. The van der Waals surface area contributed by atoms with Crippen LogP contribution in [0, 0.1) is 41.5 Å². The molecule has 0 saturated carbocycles. The molecule has 1 N–H and O–H groups in total. The summed E-state index contributed by atoms with van der Waals surface area (Å²) in [5.41, 5.74) is 8.93. The minimum atomic E-state index is 0.226. The zero-order valence-electron chi connectivity index (χ0n) is 18.2. The molecule has 0 spiro atoms. The highest BCUT2D eigenvalue weighted by Gasteiger charge is 2.13. The Morgan fingerprint density at radius 3 is 1.69 bits per heavy atom. The van der Waals surface area contributed by atoms with E-state index in [2.05, 4.69) is 53.7 Å². The average molecular weight is 391 g/mol. The van der Waals surface area contributed by atoms with Crippen molar-refractivity contribution in [2.24, 2.45) is 0 Å². The molecule has 0 bridgehead atoms. The predicted molar refractivity (Wildman–Crippen MR) is 118 cm³/mol. The van der Waals surface area contributed by atoms with E-state index in [-0.39, 0.29) is 5.75 Å². The second-order valence-electron chi connectivity index (χ2n) is 7.75. The molecule has 0 saturated heterocycles. The lowest BCUT2D eigenvalue weighted by Gasteiger charge is -2.17. The standard InChI is InChI=1S/C26H30O3/c1-16-10-12-25(20(5)18(16)3)28-14-22-8-7-9-24(27)23(22)15-29-26-13-11-17(2)19(4)21(26)6/h7-13,27H,14-15H2,1-6H3. The molecule has 3 rings (SSSR count). The van der Waals surface area contributed by atoms with Crippen LogP contribution in [0.25, 0.3) is 0 Å². The van der Waals surface area contributed by atoms with E-state index < -0.39 is 0 Å². The first kappa shape index (κ1) is 20.8. The minimum Gasteiger partial charge on any atom is -0.508 e. The molecule has 29 heavy (non-hydrogen) atoms. The smallest absolute Gasteiger partial charge is 0.123 e. The lowest BCUT2D eigenvalue weighted by molar-refractivity contribution is 0.278. The summed E-state index contributed by atoms with van der Waals surface area (Å²) in [6, 6.07) is 13.6. The summed E-state index contributed by atoms with van der Waals surface area (Å²) in [5.74, 6) is 1.94. The summed E-state index contributed by atoms with van der Waals surface area (Å²) in [6.45, 7) is 13.2. The average Bonchev–Trinajstić information content (AvgIpc) is 2.70. The fourth-order valence-corrected chi connectivity index (χ4v) is 3.40. The Labute approximate surface area is 173 Å². The molecule has 3 aromatic carbocycles. The van der Waals surface area contributed by atoms with Gasteiger partial charge in [-0.2, -0.15) is 0 Å². The summed E-state index contributed by atoms with van der Waals surface area (Å²) >= 11 is 0. The van der Waals surface area contributed by atoms with Crippen LogP contribution >= 0.6 is 0 Å². The maximum Gasteiger partial charge on any atom is 0.123 e. The first-order chi connectivity index (χ1) is 13.8. The number of phenols is 1. The van der Waals surface area contributed by atoms with Gasteiger partial charge in [0, 0.05) is 5.56 Å². The van der Waals surface area contributed by atoms with Gasteiger partial charge >= 0.3 is 0 Å². The van der Waals surface area contributed by atoms with Gasteiger partial charge in [-0.25, -0.2) is 0 Å². The fraction of sp³-hybridized carbons (Fsp3) is 0.308. The van der Waals surface area contributed by atoms with Crippen molar-refractivity contribution in [3.8, 4) is 17.2 Å². The van der Waals surface area contributed by atoms with Crippen molar-refractivity contribution in [3.05, 3.63) is 87.0 Å². The predicted octanol–water partition coefficient (Wildman–Crippen LogP) is 6.40. The van der Waals surface area contributed by atoms with Gasteiger partial charge in [0.1, 0.15) is 30.5 Å². The van der Waals surface area contributed by atoms with E-state index >= 15 is 0 Å². The molecule has 0 aliphatic heterocycles. The molecule has 0 amide bonds. The summed E-state index contributed by atoms with van der Waals surface area (Å²) in [5, 5.41) is 10.4. The molecule has 0 unspecified atom stereocenters. The summed E-state index contributed by atoms with van der Waals surface area (Å²) < 4.78 is 12.2. The normalized spacial score (nSPS) is 10.8. The molecule has 0 fully saturated rings. The first-order valence-corrected chi connectivity index (χ1v) is 9.98. The molecule has 3 aromatic rings. The molecule has 0 atom stereocenters. The first-order valence-electron chi connectivity index (χ1n) is 9.98. The van der Waals surface area contributed by atoms with Gasteiger partial charge in [0.15, 0.2) is 0 Å². The minimum absolute atomic E-state index is 0.226. The molecule has 0 aromatic heterocycles. The lowest BCUT2D eigenvalue weighted by Crippen LogP contribution is -2.06. The van der Waals surface area contributed by atoms with Crippen LogP contribution in [0.2, 0.25) is 0 Å². The number of aromatic hydroxyl groups is 1. The van der Waals surface area contributed by atoms with Gasteiger partial charge in [-0.3, -0.25) is 0 Å². The van der Waals surface area contributed by atoms with Crippen LogP contribution in [-0.2, 0) is 13.2 Å². The molecule has 3 nitrogen and oxygen atoms in total. The maximum atomic E-state index is 10.4. The molecule has 0 aliphatic carbocycles. The van der Waals surface area contributed by atoms with E-state index in [0.717, 1.165) is 33.8 Å². The van der Waals surface area contributed by atoms with Crippen LogP contribution in [0.4, 0.5) is 0 Å². The number of hydrogen-bond donors (Lipinski definition) is 1. The van der Waals surface area contributed by atoms with Crippen LogP contribution in [0.1, 0.15) is 44.5 Å². The van der Waals surface area contributed by atoms with Gasteiger partial charge in [-0.15, -0.1) is 0 Å². The van der Waals surface area contributed by atoms with Crippen LogP contribution in [0.3, 0.4) is 0 Å². The largest absolute Gasteiger partial charge is 0.508 e. The van der Waals surface area contributed by atoms with Crippen molar-refractivity contribution in [1.82, 2.24) is 0 Å². The Hall–Kier alpha value is -2.94. The third-order valence-electron chi connectivity index (χ3n) is 6.02. The third kappa shape index (κ3) is 4.40. The Morgan fingerprint density at radius 1 is 0.621 bits per heavy atom. The van der Waals surface area contributed by atoms with Crippen LogP contribution in [-0.4, -0.2) is 5.11 Å². The van der Waals surface area contributed by atoms with Crippen molar-refractivity contribution in [3.63, 3.8) is 0 Å². The monoisotopic (exact) mass is 390 g/mol. The maximum absolute atomic E-state index is 10.4. The van der Waals surface area contributed by atoms with E-state index in [4.69, 9.17) is 9.47 Å². The summed E-state index contributed by atoms with van der Waals surface area (Å²) in [7, 11) is 0.